The van der Waals surface area contributed by atoms with Crippen LogP contribution in [0.15, 0.2) is 42.5 Å². The summed E-state index contributed by atoms with van der Waals surface area (Å²) in [6, 6.07) is 13.8. The van der Waals surface area contributed by atoms with Gasteiger partial charge in [0.1, 0.15) is 5.82 Å². The van der Waals surface area contributed by atoms with Crippen molar-refractivity contribution < 1.29 is 14.3 Å². The molecule has 6 heteroatoms. The van der Waals surface area contributed by atoms with E-state index >= 15 is 0 Å². The minimum absolute atomic E-state index is 0.0231. The van der Waals surface area contributed by atoms with Crippen LogP contribution in [0.5, 0.6) is 11.5 Å². The van der Waals surface area contributed by atoms with E-state index in [1.165, 1.54) is 5.52 Å². The zero-order valence-corrected chi connectivity index (χ0v) is 18.1. The summed E-state index contributed by atoms with van der Waals surface area (Å²) in [5.41, 5.74) is 3.18. The van der Waals surface area contributed by atoms with Crippen LogP contribution in [0.1, 0.15) is 37.6 Å². The number of fused-ring (bicyclic) bond motifs is 1. The number of ether oxygens (including phenoxy) is 2. The second kappa shape index (κ2) is 10.7. The molecule has 1 aromatic heterocycles. The number of unbranched alkanes of at least 4 members (excludes halogenated alkanes) is 2. The molecule has 0 fully saturated rings. The topological polar surface area (TPSA) is 65.4 Å². The molecule has 1 heterocycles. The summed E-state index contributed by atoms with van der Waals surface area (Å²) < 4.78 is 12.8. The number of amides is 1. The second-order valence-corrected chi connectivity index (χ2v) is 7.29. The number of carbonyl (C=O) groups excluding carboxylic acids is 1. The van der Waals surface area contributed by atoms with Crippen molar-refractivity contribution >= 4 is 16.9 Å². The van der Waals surface area contributed by atoms with E-state index in [2.05, 4.69) is 35.0 Å². The normalized spacial score (nSPS) is 10.9. The molecule has 0 bridgehead atoms. The Balaban J connectivity index is 1.39. The fourth-order valence-electron chi connectivity index (χ4n) is 3.72. The molecule has 3 aromatic rings. The van der Waals surface area contributed by atoms with Gasteiger partial charge in [-0.2, -0.15) is 0 Å². The van der Waals surface area contributed by atoms with Crippen molar-refractivity contribution in [3.8, 4) is 11.5 Å². The minimum Gasteiger partial charge on any atom is -0.493 e. The summed E-state index contributed by atoms with van der Waals surface area (Å²) in [5, 5.41) is 3.01. The first-order valence-corrected chi connectivity index (χ1v) is 10.6. The largest absolute Gasteiger partial charge is 0.493 e. The molecule has 1 amide bonds. The van der Waals surface area contributed by atoms with Crippen LogP contribution in [0.25, 0.3) is 11.0 Å². The van der Waals surface area contributed by atoms with E-state index in [-0.39, 0.29) is 5.91 Å². The Bertz CT molecular complexity index is 981. The molecular weight excluding hydrogens is 378 g/mol. The number of hydrogen-bond donors (Lipinski definition) is 1. The van der Waals surface area contributed by atoms with Crippen molar-refractivity contribution in [2.24, 2.45) is 0 Å². The Morgan fingerprint density at radius 1 is 1.03 bits per heavy atom. The molecule has 0 atom stereocenters. The first-order chi connectivity index (χ1) is 14.7. The molecule has 0 saturated heterocycles. The van der Waals surface area contributed by atoms with Gasteiger partial charge in [0, 0.05) is 19.5 Å². The number of para-hydroxylation sites is 2. The third-order valence-electron chi connectivity index (χ3n) is 5.26. The summed E-state index contributed by atoms with van der Waals surface area (Å²) in [4.78, 5) is 17.0. The van der Waals surface area contributed by atoms with Crippen molar-refractivity contribution in [2.75, 3.05) is 20.8 Å². The van der Waals surface area contributed by atoms with Gasteiger partial charge in [0.2, 0.25) is 5.91 Å². The van der Waals surface area contributed by atoms with Gasteiger partial charge in [-0.05, 0) is 49.6 Å². The molecule has 0 spiro atoms. The van der Waals surface area contributed by atoms with Crippen molar-refractivity contribution in [3.63, 3.8) is 0 Å². The number of hydrogen-bond acceptors (Lipinski definition) is 4. The molecule has 1 N–H and O–H groups in total. The number of imidazole rings is 1. The Kier molecular flexibility index (Phi) is 7.71. The molecule has 0 saturated carbocycles. The lowest BCUT2D eigenvalue weighted by Crippen LogP contribution is -2.26. The van der Waals surface area contributed by atoms with Crippen LogP contribution in [0.2, 0.25) is 0 Å². The highest BCUT2D eigenvalue weighted by Crippen LogP contribution is 2.27. The lowest BCUT2D eigenvalue weighted by atomic mass is 10.1. The summed E-state index contributed by atoms with van der Waals surface area (Å²) in [7, 11) is 3.19. The van der Waals surface area contributed by atoms with Crippen molar-refractivity contribution in [2.45, 2.75) is 45.6 Å². The zero-order chi connectivity index (χ0) is 21.3. The van der Waals surface area contributed by atoms with Crippen LogP contribution in [-0.2, 0) is 24.2 Å². The number of benzene rings is 2. The van der Waals surface area contributed by atoms with Crippen molar-refractivity contribution in [1.82, 2.24) is 14.9 Å². The fourth-order valence-corrected chi connectivity index (χ4v) is 3.72. The van der Waals surface area contributed by atoms with Crippen molar-refractivity contribution in [3.05, 3.63) is 53.9 Å². The highest BCUT2D eigenvalue weighted by Gasteiger charge is 2.10. The van der Waals surface area contributed by atoms with Gasteiger partial charge in [0.15, 0.2) is 11.5 Å². The summed E-state index contributed by atoms with van der Waals surface area (Å²) in [6.07, 6.45) is 4.38. The Hall–Kier alpha value is -3.02. The van der Waals surface area contributed by atoms with Crippen LogP contribution < -0.4 is 14.8 Å². The average Bonchev–Trinajstić information content (AvgIpc) is 3.13. The predicted octanol–water partition coefficient (Wildman–Crippen LogP) is 4.15. The summed E-state index contributed by atoms with van der Waals surface area (Å²) in [5.74, 6) is 2.48. The predicted molar refractivity (Wildman–Crippen MR) is 119 cm³/mol. The van der Waals surface area contributed by atoms with Gasteiger partial charge in [-0.3, -0.25) is 4.79 Å². The maximum Gasteiger partial charge on any atom is 0.224 e. The molecule has 3 rings (SSSR count). The van der Waals surface area contributed by atoms with E-state index in [1.807, 2.05) is 24.3 Å². The van der Waals surface area contributed by atoms with Gasteiger partial charge in [-0.1, -0.05) is 24.6 Å². The molecule has 0 aliphatic rings. The fraction of sp³-hybridized carbons (Fsp3) is 0.417. The van der Waals surface area contributed by atoms with Gasteiger partial charge in [0.05, 0.1) is 31.7 Å². The van der Waals surface area contributed by atoms with E-state index in [0.717, 1.165) is 49.1 Å². The third kappa shape index (κ3) is 5.32. The van der Waals surface area contributed by atoms with Gasteiger partial charge in [-0.15, -0.1) is 0 Å². The highest BCUT2D eigenvalue weighted by atomic mass is 16.5. The number of nitrogens with one attached hydrogen (secondary N) is 1. The molecule has 2 aromatic carbocycles. The molecule has 30 heavy (non-hydrogen) atoms. The average molecular weight is 410 g/mol. The van der Waals surface area contributed by atoms with Crippen LogP contribution in [-0.4, -0.2) is 36.2 Å². The first-order valence-electron chi connectivity index (χ1n) is 10.6. The van der Waals surface area contributed by atoms with E-state index in [1.54, 1.807) is 14.2 Å². The third-order valence-corrected chi connectivity index (χ3v) is 5.26. The molecule has 6 nitrogen and oxygen atoms in total. The number of rotatable bonds is 11. The number of nitrogens with zero attached hydrogens (tertiary/aromatic N) is 2. The standard InChI is InChI=1S/C24H31N3O3/c1-4-27-20-11-8-7-10-19(20)26-23(27)12-6-5-9-15-25-24(28)17-18-13-14-21(29-2)22(16-18)30-3/h7-8,10-11,13-14,16H,4-6,9,12,15,17H2,1-3H3,(H,25,28). The SMILES string of the molecule is CCn1c(CCCCCNC(=O)Cc2ccc(OC)c(OC)c2)nc2ccccc21. The zero-order valence-electron chi connectivity index (χ0n) is 18.1. The number of aromatic nitrogens is 2. The van der Waals surface area contributed by atoms with E-state index in [4.69, 9.17) is 14.5 Å². The number of carbonyl (C=O) groups is 1. The maximum absolute atomic E-state index is 12.2. The first kappa shape index (κ1) is 21.7. The van der Waals surface area contributed by atoms with E-state index in [0.29, 0.717) is 24.5 Å². The lowest BCUT2D eigenvalue weighted by molar-refractivity contribution is -0.120. The van der Waals surface area contributed by atoms with Gasteiger partial charge < -0.3 is 19.4 Å². The quantitative estimate of drug-likeness (QED) is 0.483. The van der Waals surface area contributed by atoms with Crippen LogP contribution in [0.4, 0.5) is 0 Å². The monoisotopic (exact) mass is 409 g/mol. The van der Waals surface area contributed by atoms with Crippen LogP contribution >= 0.6 is 0 Å². The van der Waals surface area contributed by atoms with Crippen LogP contribution in [0.3, 0.4) is 0 Å². The molecule has 160 valence electrons. The van der Waals surface area contributed by atoms with Gasteiger partial charge in [-0.25, -0.2) is 4.98 Å². The molecule has 0 aliphatic carbocycles. The lowest BCUT2D eigenvalue weighted by Gasteiger charge is -2.10. The van der Waals surface area contributed by atoms with Crippen molar-refractivity contribution in [1.29, 1.82) is 0 Å². The van der Waals surface area contributed by atoms with Crippen LogP contribution in [0, 0.1) is 0 Å². The second-order valence-electron chi connectivity index (χ2n) is 7.29. The molecular formula is C24H31N3O3. The maximum atomic E-state index is 12.2. The smallest absolute Gasteiger partial charge is 0.224 e. The van der Waals surface area contributed by atoms with E-state index in [9.17, 15) is 4.79 Å². The Morgan fingerprint density at radius 3 is 2.60 bits per heavy atom. The minimum atomic E-state index is 0.0231. The number of methoxy groups -OCH3 is 2. The van der Waals surface area contributed by atoms with Gasteiger partial charge >= 0.3 is 0 Å². The van der Waals surface area contributed by atoms with E-state index < -0.39 is 0 Å². The Morgan fingerprint density at radius 2 is 1.83 bits per heavy atom. The summed E-state index contributed by atoms with van der Waals surface area (Å²) in [6.45, 7) is 3.78. The van der Waals surface area contributed by atoms with Gasteiger partial charge in [0.25, 0.3) is 0 Å². The number of aryl methyl sites for hydroxylation is 2. The Labute approximate surface area is 178 Å². The molecule has 0 radical (unpaired) electrons. The highest BCUT2D eigenvalue weighted by molar-refractivity contribution is 5.78. The molecule has 0 aliphatic heterocycles. The molecule has 0 unspecified atom stereocenters. The summed E-state index contributed by atoms with van der Waals surface area (Å²) >= 11 is 0.